The fourth-order valence-electron chi connectivity index (χ4n) is 0.296. The summed E-state index contributed by atoms with van der Waals surface area (Å²) >= 11 is 4.23. The Morgan fingerprint density at radius 1 is 1.78 bits per heavy atom. The van der Waals surface area contributed by atoms with Crippen molar-refractivity contribution < 1.29 is 9.53 Å². The molecule has 0 bridgehead atoms. The first-order valence-corrected chi connectivity index (χ1v) is 5.36. The van der Waals surface area contributed by atoms with Crippen molar-refractivity contribution in [2.24, 2.45) is 0 Å². The molecule has 0 heterocycles. The molecule has 0 rings (SSSR count). The van der Waals surface area contributed by atoms with Gasteiger partial charge in [-0.05, 0) is 6.92 Å². The number of hydrogen-bond donors (Lipinski definition) is 0. The predicted octanol–water partition coefficient (Wildman–Crippen LogP) is 1.79. The standard InChI is InChI=1S/C5H8I2O2/c1-2-9-5(8)4(7)3-6/h4H,2-3H2,1H3. The van der Waals surface area contributed by atoms with Gasteiger partial charge in [-0.15, -0.1) is 0 Å². The maximum absolute atomic E-state index is 10.7. The van der Waals surface area contributed by atoms with Gasteiger partial charge < -0.3 is 4.74 Å². The van der Waals surface area contributed by atoms with E-state index in [0.29, 0.717) is 6.61 Å². The van der Waals surface area contributed by atoms with Crippen LogP contribution < -0.4 is 0 Å². The number of esters is 1. The topological polar surface area (TPSA) is 26.3 Å². The molecular formula is C5H8I2O2. The van der Waals surface area contributed by atoms with E-state index in [-0.39, 0.29) is 9.89 Å². The highest BCUT2D eigenvalue weighted by molar-refractivity contribution is 14.1. The van der Waals surface area contributed by atoms with Gasteiger partial charge in [-0.2, -0.15) is 0 Å². The molecule has 1 atom stereocenters. The minimum Gasteiger partial charge on any atom is -0.465 e. The minimum absolute atomic E-state index is 0.0168. The van der Waals surface area contributed by atoms with Crippen molar-refractivity contribution in [3.8, 4) is 0 Å². The largest absolute Gasteiger partial charge is 0.465 e. The first-order valence-electron chi connectivity index (χ1n) is 2.59. The molecule has 1 unspecified atom stereocenters. The van der Waals surface area contributed by atoms with Gasteiger partial charge >= 0.3 is 5.97 Å². The highest BCUT2D eigenvalue weighted by Crippen LogP contribution is 2.06. The van der Waals surface area contributed by atoms with Crippen molar-refractivity contribution in [1.82, 2.24) is 0 Å². The molecule has 0 saturated heterocycles. The van der Waals surface area contributed by atoms with Crippen LogP contribution in [0.5, 0.6) is 0 Å². The second-order valence-electron chi connectivity index (χ2n) is 1.37. The van der Waals surface area contributed by atoms with Gasteiger partial charge in [-0.1, -0.05) is 45.2 Å². The van der Waals surface area contributed by atoms with Gasteiger partial charge in [0.15, 0.2) is 0 Å². The molecule has 0 aliphatic heterocycles. The van der Waals surface area contributed by atoms with E-state index in [9.17, 15) is 4.79 Å². The lowest BCUT2D eigenvalue weighted by atomic mass is 10.5. The molecule has 0 aromatic rings. The van der Waals surface area contributed by atoms with Crippen molar-refractivity contribution in [2.45, 2.75) is 10.8 Å². The van der Waals surface area contributed by atoms with Crippen LogP contribution in [0.1, 0.15) is 6.92 Å². The molecule has 0 aromatic heterocycles. The Morgan fingerprint density at radius 3 is 2.67 bits per heavy atom. The Kier molecular flexibility index (Phi) is 6.28. The lowest BCUT2D eigenvalue weighted by Gasteiger charge is -2.03. The van der Waals surface area contributed by atoms with Crippen molar-refractivity contribution in [1.29, 1.82) is 0 Å². The summed E-state index contributed by atoms with van der Waals surface area (Å²) in [6.07, 6.45) is 0. The number of alkyl halides is 2. The Hall–Kier alpha value is 0.930. The molecule has 0 aromatic carbocycles. The molecule has 9 heavy (non-hydrogen) atoms. The molecule has 4 heteroatoms. The maximum Gasteiger partial charge on any atom is 0.319 e. The summed E-state index contributed by atoms with van der Waals surface area (Å²) in [5, 5.41) is 0. The second kappa shape index (κ2) is 5.70. The third kappa shape index (κ3) is 4.35. The zero-order valence-electron chi connectivity index (χ0n) is 5.06. The van der Waals surface area contributed by atoms with E-state index in [2.05, 4.69) is 45.2 Å². The van der Waals surface area contributed by atoms with Crippen molar-refractivity contribution >= 4 is 51.2 Å². The molecule has 0 saturated carbocycles. The highest BCUT2D eigenvalue weighted by atomic mass is 127. The summed E-state index contributed by atoms with van der Waals surface area (Å²) in [7, 11) is 0. The first kappa shape index (κ1) is 9.93. The van der Waals surface area contributed by atoms with Gasteiger partial charge in [0.2, 0.25) is 0 Å². The summed E-state index contributed by atoms with van der Waals surface area (Å²) < 4.78 is 5.58. The van der Waals surface area contributed by atoms with Crippen LogP contribution in [-0.2, 0) is 9.53 Å². The average Bonchev–Trinajstić information content (AvgIpc) is 1.87. The number of hydrogen-bond acceptors (Lipinski definition) is 2. The van der Waals surface area contributed by atoms with E-state index in [1.54, 1.807) is 0 Å². The van der Waals surface area contributed by atoms with Crippen LogP contribution in [0, 0.1) is 0 Å². The van der Waals surface area contributed by atoms with Crippen molar-refractivity contribution in [3.05, 3.63) is 0 Å². The Balaban J connectivity index is 3.46. The fourth-order valence-corrected chi connectivity index (χ4v) is 0.835. The van der Waals surface area contributed by atoms with E-state index in [4.69, 9.17) is 4.74 Å². The molecule has 0 N–H and O–H groups in total. The lowest BCUT2D eigenvalue weighted by molar-refractivity contribution is -0.141. The third-order valence-electron chi connectivity index (χ3n) is 0.678. The summed E-state index contributed by atoms with van der Waals surface area (Å²) in [5.41, 5.74) is 0. The van der Waals surface area contributed by atoms with Crippen LogP contribution >= 0.6 is 45.2 Å². The zero-order chi connectivity index (χ0) is 7.28. The maximum atomic E-state index is 10.7. The van der Waals surface area contributed by atoms with Crippen LogP contribution in [0.2, 0.25) is 0 Å². The number of halogens is 2. The first-order chi connectivity index (χ1) is 4.22. The number of rotatable bonds is 3. The van der Waals surface area contributed by atoms with Crippen molar-refractivity contribution in [3.63, 3.8) is 0 Å². The smallest absolute Gasteiger partial charge is 0.319 e. The SMILES string of the molecule is CCOC(=O)C(I)CI. The molecule has 0 amide bonds. The molecule has 0 aliphatic carbocycles. The van der Waals surface area contributed by atoms with Crippen molar-refractivity contribution in [2.75, 3.05) is 11.0 Å². The monoisotopic (exact) mass is 354 g/mol. The molecule has 0 fully saturated rings. The Labute approximate surface area is 82.0 Å². The second-order valence-corrected chi connectivity index (χ2v) is 3.76. The molecule has 0 radical (unpaired) electrons. The summed E-state index contributed by atoms with van der Waals surface area (Å²) in [6, 6.07) is 0. The van der Waals surface area contributed by atoms with E-state index in [1.807, 2.05) is 6.92 Å². The molecule has 0 spiro atoms. The third-order valence-corrected chi connectivity index (χ3v) is 4.19. The molecular weight excluding hydrogens is 346 g/mol. The summed E-state index contributed by atoms with van der Waals surface area (Å²) in [6.45, 7) is 2.30. The van der Waals surface area contributed by atoms with Gasteiger partial charge in [-0.25, -0.2) is 0 Å². The Bertz CT molecular complexity index is 95.0. The number of carbonyl (C=O) groups excluding carboxylic acids is 1. The Morgan fingerprint density at radius 2 is 2.33 bits per heavy atom. The van der Waals surface area contributed by atoms with E-state index in [0.717, 1.165) is 4.43 Å². The van der Waals surface area contributed by atoms with E-state index < -0.39 is 0 Å². The molecule has 54 valence electrons. The fraction of sp³-hybridized carbons (Fsp3) is 0.800. The quantitative estimate of drug-likeness (QED) is 0.439. The highest BCUT2D eigenvalue weighted by Gasteiger charge is 2.12. The average molecular weight is 354 g/mol. The van der Waals surface area contributed by atoms with Gasteiger partial charge in [0.25, 0.3) is 0 Å². The summed E-state index contributed by atoms with van der Waals surface area (Å²) in [5.74, 6) is -0.104. The lowest BCUT2D eigenvalue weighted by Crippen LogP contribution is -2.17. The normalized spacial score (nSPS) is 12.8. The molecule has 2 nitrogen and oxygen atoms in total. The van der Waals surface area contributed by atoms with Gasteiger partial charge in [0.1, 0.15) is 3.92 Å². The van der Waals surface area contributed by atoms with Gasteiger partial charge in [0, 0.05) is 4.43 Å². The van der Waals surface area contributed by atoms with Gasteiger partial charge in [-0.3, -0.25) is 4.79 Å². The predicted molar refractivity (Wildman–Crippen MR) is 53.3 cm³/mol. The number of carbonyl (C=O) groups is 1. The van der Waals surface area contributed by atoms with E-state index >= 15 is 0 Å². The van der Waals surface area contributed by atoms with Crippen LogP contribution in [0.4, 0.5) is 0 Å². The van der Waals surface area contributed by atoms with Crippen LogP contribution in [0.25, 0.3) is 0 Å². The van der Waals surface area contributed by atoms with Crippen LogP contribution in [0.15, 0.2) is 0 Å². The number of ether oxygens (including phenoxy) is 1. The molecule has 0 aliphatic rings. The van der Waals surface area contributed by atoms with E-state index in [1.165, 1.54) is 0 Å². The minimum atomic E-state index is -0.104. The summed E-state index contributed by atoms with van der Waals surface area (Å²) in [4.78, 5) is 10.7. The van der Waals surface area contributed by atoms with Gasteiger partial charge in [0.05, 0.1) is 6.61 Å². The van der Waals surface area contributed by atoms with Crippen LogP contribution in [0.3, 0.4) is 0 Å². The zero-order valence-corrected chi connectivity index (χ0v) is 9.38. The van der Waals surface area contributed by atoms with Crippen LogP contribution in [-0.4, -0.2) is 20.9 Å².